The molecule has 0 aliphatic heterocycles. The molecule has 0 spiro atoms. The predicted octanol–water partition coefficient (Wildman–Crippen LogP) is 3.53. The second-order valence-corrected chi connectivity index (χ2v) is 4.63. The van der Waals surface area contributed by atoms with Gasteiger partial charge in [0.2, 0.25) is 0 Å². The van der Waals surface area contributed by atoms with Crippen LogP contribution in [0.4, 0.5) is 4.39 Å². The van der Waals surface area contributed by atoms with E-state index in [1.54, 1.807) is 31.4 Å². The third-order valence-corrected chi connectivity index (χ3v) is 3.28. The van der Waals surface area contributed by atoms with Gasteiger partial charge in [-0.05, 0) is 41.8 Å². The van der Waals surface area contributed by atoms with Gasteiger partial charge < -0.3 is 14.6 Å². The van der Waals surface area contributed by atoms with Gasteiger partial charge in [-0.25, -0.2) is 4.39 Å². The fourth-order valence-electron chi connectivity index (χ4n) is 2.18. The summed E-state index contributed by atoms with van der Waals surface area (Å²) in [5, 5.41) is 9.25. The lowest BCUT2D eigenvalue weighted by Crippen LogP contribution is -1.99. The highest BCUT2D eigenvalue weighted by Crippen LogP contribution is 2.31. The maximum absolute atomic E-state index is 14.1. The molecule has 0 unspecified atom stereocenters. The Kier molecular flexibility index (Phi) is 5.31. The summed E-state index contributed by atoms with van der Waals surface area (Å²) in [5.41, 5.74) is 2.83. The van der Waals surface area contributed by atoms with Crippen molar-refractivity contribution >= 4 is 0 Å². The molecule has 0 fully saturated rings. The highest BCUT2D eigenvalue weighted by molar-refractivity contribution is 5.69. The summed E-state index contributed by atoms with van der Waals surface area (Å²) in [6.07, 6.45) is 0. The van der Waals surface area contributed by atoms with Crippen LogP contribution >= 0.6 is 0 Å². The van der Waals surface area contributed by atoms with Gasteiger partial charge in [-0.1, -0.05) is 18.2 Å². The van der Waals surface area contributed by atoms with Crippen LogP contribution in [0.1, 0.15) is 18.1 Å². The van der Waals surface area contributed by atoms with Crippen LogP contribution in [0.15, 0.2) is 36.4 Å². The Morgan fingerprint density at radius 3 is 2.57 bits per heavy atom. The first-order chi connectivity index (χ1) is 10.2. The maximum atomic E-state index is 14.1. The lowest BCUT2D eigenvalue weighted by atomic mass is 9.97. The van der Waals surface area contributed by atoms with E-state index in [0.29, 0.717) is 24.5 Å². The fourth-order valence-corrected chi connectivity index (χ4v) is 2.18. The minimum Gasteiger partial charge on any atom is -0.497 e. The summed E-state index contributed by atoms with van der Waals surface area (Å²) in [6, 6.07) is 10.1. The van der Waals surface area contributed by atoms with Crippen molar-refractivity contribution in [3.05, 3.63) is 53.3 Å². The third kappa shape index (κ3) is 3.60. The molecule has 0 aromatic heterocycles. The normalized spacial score (nSPS) is 10.7. The van der Waals surface area contributed by atoms with Gasteiger partial charge >= 0.3 is 0 Å². The molecular formula is C17H19FO3. The van der Waals surface area contributed by atoms with Crippen molar-refractivity contribution in [2.45, 2.75) is 20.1 Å². The zero-order valence-electron chi connectivity index (χ0n) is 12.2. The number of methoxy groups -OCH3 is 1. The Balaban J connectivity index is 2.51. The molecule has 2 rings (SSSR count). The molecule has 0 aliphatic carbocycles. The number of rotatable bonds is 6. The van der Waals surface area contributed by atoms with E-state index in [1.807, 2.05) is 13.0 Å². The second-order valence-electron chi connectivity index (χ2n) is 4.63. The number of hydrogen-bond acceptors (Lipinski definition) is 3. The number of aliphatic hydroxyl groups excluding tert-OH is 1. The number of benzene rings is 2. The molecule has 3 nitrogen and oxygen atoms in total. The average molecular weight is 290 g/mol. The Bertz CT molecular complexity index is 611. The SMILES string of the molecule is CCOCc1cc(CO)ccc1-c1cc(OC)ccc1F. The highest BCUT2D eigenvalue weighted by Gasteiger charge is 2.12. The van der Waals surface area contributed by atoms with Gasteiger partial charge in [0.1, 0.15) is 11.6 Å². The molecule has 0 saturated carbocycles. The first kappa shape index (κ1) is 15.5. The fraction of sp³-hybridized carbons (Fsp3) is 0.294. The van der Waals surface area contributed by atoms with Crippen LogP contribution < -0.4 is 4.74 Å². The van der Waals surface area contributed by atoms with Crippen LogP contribution in [0, 0.1) is 5.82 Å². The molecule has 0 saturated heterocycles. The van der Waals surface area contributed by atoms with Crippen molar-refractivity contribution in [2.24, 2.45) is 0 Å². The van der Waals surface area contributed by atoms with E-state index in [1.165, 1.54) is 6.07 Å². The topological polar surface area (TPSA) is 38.7 Å². The summed E-state index contributed by atoms with van der Waals surface area (Å²) < 4.78 is 24.7. The average Bonchev–Trinajstić information content (AvgIpc) is 2.53. The summed E-state index contributed by atoms with van der Waals surface area (Å²) in [7, 11) is 1.55. The van der Waals surface area contributed by atoms with Crippen LogP contribution in [0.3, 0.4) is 0 Å². The highest BCUT2D eigenvalue weighted by atomic mass is 19.1. The Hall–Kier alpha value is -1.91. The van der Waals surface area contributed by atoms with Gasteiger partial charge in [0, 0.05) is 12.2 Å². The minimum atomic E-state index is -0.315. The van der Waals surface area contributed by atoms with Crippen molar-refractivity contribution < 1.29 is 19.0 Å². The maximum Gasteiger partial charge on any atom is 0.131 e. The van der Waals surface area contributed by atoms with Crippen LogP contribution in [0.5, 0.6) is 5.75 Å². The second kappa shape index (κ2) is 7.20. The van der Waals surface area contributed by atoms with Gasteiger partial charge in [-0.15, -0.1) is 0 Å². The van der Waals surface area contributed by atoms with E-state index in [9.17, 15) is 9.50 Å². The Morgan fingerprint density at radius 1 is 1.10 bits per heavy atom. The van der Waals surface area contributed by atoms with Gasteiger partial charge in [0.05, 0.1) is 20.3 Å². The molecule has 4 heteroatoms. The number of hydrogen-bond donors (Lipinski definition) is 1. The molecule has 0 atom stereocenters. The molecule has 0 bridgehead atoms. The lowest BCUT2D eigenvalue weighted by molar-refractivity contribution is 0.134. The number of aliphatic hydroxyl groups is 1. The molecule has 0 radical (unpaired) electrons. The predicted molar refractivity (Wildman–Crippen MR) is 79.6 cm³/mol. The number of halogens is 1. The van der Waals surface area contributed by atoms with E-state index in [2.05, 4.69) is 0 Å². The summed E-state index contributed by atoms with van der Waals surface area (Å²) >= 11 is 0. The van der Waals surface area contributed by atoms with E-state index >= 15 is 0 Å². The van der Waals surface area contributed by atoms with E-state index in [0.717, 1.165) is 16.7 Å². The van der Waals surface area contributed by atoms with Gasteiger partial charge in [-0.2, -0.15) is 0 Å². The minimum absolute atomic E-state index is 0.0556. The molecule has 0 amide bonds. The zero-order chi connectivity index (χ0) is 15.2. The van der Waals surface area contributed by atoms with Crippen LogP contribution in [0.25, 0.3) is 11.1 Å². The standard InChI is InChI=1S/C17H19FO3/c1-3-21-11-13-8-12(10-19)4-6-15(13)16-9-14(20-2)5-7-17(16)18/h4-9,19H,3,10-11H2,1-2H3. The van der Waals surface area contributed by atoms with Gasteiger partial charge in [0.15, 0.2) is 0 Å². The smallest absolute Gasteiger partial charge is 0.131 e. The Morgan fingerprint density at radius 2 is 1.90 bits per heavy atom. The van der Waals surface area contributed by atoms with Crippen molar-refractivity contribution in [2.75, 3.05) is 13.7 Å². The van der Waals surface area contributed by atoms with Crippen LogP contribution in [0.2, 0.25) is 0 Å². The van der Waals surface area contributed by atoms with Crippen LogP contribution in [-0.4, -0.2) is 18.8 Å². The first-order valence-electron chi connectivity index (χ1n) is 6.84. The molecule has 2 aromatic rings. The lowest BCUT2D eigenvalue weighted by Gasteiger charge is -2.13. The van der Waals surface area contributed by atoms with Gasteiger partial charge in [-0.3, -0.25) is 0 Å². The molecule has 112 valence electrons. The largest absolute Gasteiger partial charge is 0.497 e. The molecule has 1 N–H and O–H groups in total. The molecular weight excluding hydrogens is 271 g/mol. The molecule has 2 aromatic carbocycles. The summed E-state index contributed by atoms with van der Waals surface area (Å²) in [5.74, 6) is 0.283. The van der Waals surface area contributed by atoms with Crippen molar-refractivity contribution in [1.82, 2.24) is 0 Å². The first-order valence-corrected chi connectivity index (χ1v) is 6.84. The molecule has 21 heavy (non-hydrogen) atoms. The quantitative estimate of drug-likeness (QED) is 0.884. The Labute approximate surface area is 124 Å². The van der Waals surface area contributed by atoms with E-state index < -0.39 is 0 Å². The van der Waals surface area contributed by atoms with Crippen molar-refractivity contribution in [1.29, 1.82) is 0 Å². The summed E-state index contributed by atoms with van der Waals surface area (Å²) in [6.45, 7) is 2.79. The molecule has 0 heterocycles. The summed E-state index contributed by atoms with van der Waals surface area (Å²) in [4.78, 5) is 0. The van der Waals surface area contributed by atoms with E-state index in [-0.39, 0.29) is 12.4 Å². The number of ether oxygens (including phenoxy) is 2. The van der Waals surface area contributed by atoms with Crippen molar-refractivity contribution in [3.8, 4) is 16.9 Å². The van der Waals surface area contributed by atoms with Crippen LogP contribution in [-0.2, 0) is 18.0 Å². The monoisotopic (exact) mass is 290 g/mol. The van der Waals surface area contributed by atoms with Gasteiger partial charge in [0.25, 0.3) is 0 Å². The third-order valence-electron chi connectivity index (χ3n) is 3.28. The molecule has 0 aliphatic rings. The van der Waals surface area contributed by atoms with E-state index in [4.69, 9.17) is 9.47 Å². The van der Waals surface area contributed by atoms with Crippen molar-refractivity contribution in [3.63, 3.8) is 0 Å². The zero-order valence-corrected chi connectivity index (χ0v) is 12.2.